The van der Waals surface area contributed by atoms with Crippen LogP contribution in [0.5, 0.6) is 17.2 Å². The van der Waals surface area contributed by atoms with Gasteiger partial charge in [-0.25, -0.2) is 5.43 Å². The number of allylic oxidation sites excluding steroid dienone is 1. The Morgan fingerprint density at radius 2 is 1.82 bits per heavy atom. The van der Waals surface area contributed by atoms with Crippen molar-refractivity contribution in [2.45, 2.75) is 33.3 Å². The third-order valence-electron chi connectivity index (χ3n) is 5.40. The molecule has 0 fully saturated rings. The molecule has 0 aromatic heterocycles. The lowest BCUT2D eigenvalue weighted by Gasteiger charge is -2.17. The first kappa shape index (κ1) is 28.0. The third kappa shape index (κ3) is 8.51. The summed E-state index contributed by atoms with van der Waals surface area (Å²) in [7, 11) is 1.54. The molecule has 3 rings (SSSR count). The smallest absolute Gasteiger partial charge is 0.249 e. The number of carbonyl (C=O) groups is 2. The molecule has 8 heteroatoms. The highest BCUT2D eigenvalue weighted by Crippen LogP contribution is 2.34. The lowest BCUT2D eigenvalue weighted by atomic mass is 10.1. The molecule has 0 aliphatic heterocycles. The Morgan fingerprint density at radius 3 is 2.53 bits per heavy atom. The number of hydrazone groups is 1. The molecule has 0 atom stereocenters. The summed E-state index contributed by atoms with van der Waals surface area (Å²) in [5.74, 6) is 0.807. The van der Waals surface area contributed by atoms with Gasteiger partial charge in [-0.1, -0.05) is 42.0 Å². The van der Waals surface area contributed by atoms with Crippen LogP contribution in [0.3, 0.4) is 0 Å². The summed E-state index contributed by atoms with van der Waals surface area (Å²) >= 11 is 0. The van der Waals surface area contributed by atoms with Crippen molar-refractivity contribution in [2.75, 3.05) is 19.0 Å². The Labute approximate surface area is 223 Å². The van der Waals surface area contributed by atoms with Gasteiger partial charge in [0.15, 0.2) is 11.5 Å². The number of benzene rings is 3. The van der Waals surface area contributed by atoms with Crippen LogP contribution in [0.15, 0.2) is 78.4 Å². The molecule has 3 aromatic rings. The first-order valence-electron chi connectivity index (χ1n) is 12.3. The molecule has 0 saturated heterocycles. The normalized spacial score (nSPS) is 10.6. The van der Waals surface area contributed by atoms with Crippen molar-refractivity contribution in [2.24, 2.45) is 5.10 Å². The van der Waals surface area contributed by atoms with Crippen LogP contribution >= 0.6 is 0 Å². The van der Waals surface area contributed by atoms with Gasteiger partial charge < -0.3 is 19.5 Å². The Kier molecular flexibility index (Phi) is 10.5. The van der Waals surface area contributed by atoms with Crippen LogP contribution in [-0.4, -0.2) is 31.7 Å². The van der Waals surface area contributed by atoms with Gasteiger partial charge in [0.2, 0.25) is 11.8 Å². The third-order valence-corrected chi connectivity index (χ3v) is 5.40. The molecule has 2 N–H and O–H groups in total. The molecular formula is C30H33N3O5. The van der Waals surface area contributed by atoms with Gasteiger partial charge in [-0.3, -0.25) is 9.59 Å². The van der Waals surface area contributed by atoms with Crippen molar-refractivity contribution in [3.8, 4) is 17.2 Å². The zero-order valence-corrected chi connectivity index (χ0v) is 22.0. The number of ether oxygens (including phenoxy) is 3. The average molecular weight is 516 g/mol. The van der Waals surface area contributed by atoms with E-state index in [4.69, 9.17) is 14.2 Å². The molecule has 0 unspecified atom stereocenters. The highest BCUT2D eigenvalue weighted by molar-refractivity contribution is 6.03. The maximum absolute atomic E-state index is 12.2. The lowest BCUT2D eigenvalue weighted by Crippen LogP contribution is -2.24. The van der Waals surface area contributed by atoms with E-state index in [1.54, 1.807) is 36.4 Å². The van der Waals surface area contributed by atoms with Crippen molar-refractivity contribution in [3.05, 3.63) is 95.6 Å². The van der Waals surface area contributed by atoms with E-state index in [0.717, 1.165) is 11.1 Å². The van der Waals surface area contributed by atoms with Crippen molar-refractivity contribution < 1.29 is 23.8 Å². The zero-order chi connectivity index (χ0) is 27.3. The van der Waals surface area contributed by atoms with Gasteiger partial charge in [-0.2, -0.15) is 5.10 Å². The van der Waals surface area contributed by atoms with E-state index in [1.807, 2.05) is 44.2 Å². The second-order valence-corrected chi connectivity index (χ2v) is 8.46. The van der Waals surface area contributed by atoms with Gasteiger partial charge in [0, 0.05) is 17.3 Å². The van der Waals surface area contributed by atoms with Crippen LogP contribution < -0.4 is 25.0 Å². The molecule has 2 amide bonds. The summed E-state index contributed by atoms with van der Waals surface area (Å²) in [6.45, 7) is 8.64. The van der Waals surface area contributed by atoms with Crippen molar-refractivity contribution in [3.63, 3.8) is 0 Å². The van der Waals surface area contributed by atoms with Crippen LogP contribution in [0.25, 0.3) is 0 Å². The number of nitrogens with one attached hydrogen (secondary N) is 2. The largest absolute Gasteiger partial charge is 0.497 e. The fraction of sp³-hybridized carbons (Fsp3) is 0.233. The Bertz CT molecular complexity index is 1290. The minimum Gasteiger partial charge on any atom is -0.497 e. The molecule has 38 heavy (non-hydrogen) atoms. The molecule has 0 bridgehead atoms. The Hall–Kier alpha value is -4.59. The molecule has 0 aliphatic rings. The summed E-state index contributed by atoms with van der Waals surface area (Å²) in [6.07, 6.45) is 3.46. The minimum absolute atomic E-state index is 0.383. The predicted molar refractivity (Wildman–Crippen MR) is 149 cm³/mol. The molecule has 0 aliphatic carbocycles. The number of rotatable bonds is 13. The molecule has 0 radical (unpaired) electrons. The van der Waals surface area contributed by atoms with Gasteiger partial charge in [-0.05, 0) is 55.7 Å². The van der Waals surface area contributed by atoms with Crippen LogP contribution in [0.1, 0.15) is 35.6 Å². The number of amides is 2. The molecule has 0 saturated carbocycles. The van der Waals surface area contributed by atoms with Gasteiger partial charge >= 0.3 is 0 Å². The van der Waals surface area contributed by atoms with Gasteiger partial charge in [0.05, 0.1) is 19.9 Å². The van der Waals surface area contributed by atoms with E-state index >= 15 is 0 Å². The zero-order valence-electron chi connectivity index (χ0n) is 22.0. The molecule has 198 valence electrons. The average Bonchev–Trinajstić information content (AvgIpc) is 2.89. The fourth-order valence-corrected chi connectivity index (χ4v) is 3.60. The highest BCUT2D eigenvalue weighted by Gasteiger charge is 2.14. The van der Waals surface area contributed by atoms with Gasteiger partial charge in [-0.15, -0.1) is 6.58 Å². The summed E-state index contributed by atoms with van der Waals surface area (Å²) < 4.78 is 17.2. The highest BCUT2D eigenvalue weighted by atomic mass is 16.5. The second-order valence-electron chi connectivity index (χ2n) is 8.46. The van der Waals surface area contributed by atoms with Crippen LogP contribution in [0, 0.1) is 6.92 Å². The van der Waals surface area contributed by atoms with Crippen LogP contribution in [-0.2, 0) is 22.6 Å². The van der Waals surface area contributed by atoms with Gasteiger partial charge in [0.1, 0.15) is 18.8 Å². The molecule has 8 nitrogen and oxygen atoms in total. The molecule has 0 heterocycles. The number of anilines is 1. The SMILES string of the molecule is C=CCc1cc(C=NNC(=O)CC(=O)Nc2cccc(OC)c2)cc(OCC)c1OCc1ccc(C)cc1. The first-order valence-corrected chi connectivity index (χ1v) is 12.3. The molecule has 3 aromatic carbocycles. The summed E-state index contributed by atoms with van der Waals surface area (Å²) in [5, 5.41) is 6.68. The molecule has 0 spiro atoms. The fourth-order valence-electron chi connectivity index (χ4n) is 3.60. The van der Waals surface area contributed by atoms with E-state index in [1.165, 1.54) is 18.9 Å². The minimum atomic E-state index is -0.545. The monoisotopic (exact) mass is 515 g/mol. The quantitative estimate of drug-likeness (QED) is 0.141. The lowest BCUT2D eigenvalue weighted by molar-refractivity contribution is -0.126. The van der Waals surface area contributed by atoms with Crippen molar-refractivity contribution in [1.29, 1.82) is 0 Å². The van der Waals surface area contributed by atoms with E-state index < -0.39 is 11.8 Å². The molecular weight excluding hydrogens is 482 g/mol. The second kappa shape index (κ2) is 14.2. The number of hydrogen-bond acceptors (Lipinski definition) is 6. The van der Waals surface area contributed by atoms with E-state index in [9.17, 15) is 9.59 Å². The summed E-state index contributed by atoms with van der Waals surface area (Å²) in [6, 6.07) is 18.7. The van der Waals surface area contributed by atoms with Gasteiger partial charge in [0.25, 0.3) is 0 Å². The summed E-state index contributed by atoms with van der Waals surface area (Å²) in [5.41, 5.74) is 6.74. The van der Waals surface area contributed by atoms with Crippen LogP contribution in [0.4, 0.5) is 5.69 Å². The predicted octanol–water partition coefficient (Wildman–Crippen LogP) is 5.19. The van der Waals surface area contributed by atoms with Crippen molar-refractivity contribution in [1.82, 2.24) is 5.43 Å². The van der Waals surface area contributed by atoms with Crippen molar-refractivity contribution >= 4 is 23.7 Å². The first-order chi connectivity index (χ1) is 18.4. The number of nitrogens with zero attached hydrogens (tertiary/aromatic N) is 1. The number of carbonyl (C=O) groups excluding carboxylic acids is 2. The standard InChI is InChI=1S/C30H33N3O5/c1-5-8-24-15-23(16-27(37-6-2)30(24)38-20-22-13-11-21(3)12-14-22)19-31-33-29(35)18-28(34)32-25-9-7-10-26(17-25)36-4/h5,7,9-17,19H,1,6,8,18,20H2,2-4H3,(H,32,34)(H,33,35). The maximum Gasteiger partial charge on any atom is 0.249 e. The number of hydrogen-bond donors (Lipinski definition) is 2. The van der Waals surface area contributed by atoms with Crippen LogP contribution in [0.2, 0.25) is 0 Å². The number of methoxy groups -OCH3 is 1. The number of aryl methyl sites for hydroxylation is 1. The Morgan fingerprint density at radius 1 is 1.03 bits per heavy atom. The maximum atomic E-state index is 12.2. The van der Waals surface area contributed by atoms with E-state index in [0.29, 0.717) is 48.1 Å². The van der Waals surface area contributed by atoms with E-state index in [2.05, 4.69) is 22.4 Å². The van der Waals surface area contributed by atoms with E-state index in [-0.39, 0.29) is 6.42 Å². The Balaban J connectivity index is 1.66. The summed E-state index contributed by atoms with van der Waals surface area (Å²) in [4.78, 5) is 24.4. The topological polar surface area (TPSA) is 98.3 Å².